The average Bonchev–Trinajstić information content (AvgIpc) is 2.99. The highest BCUT2D eigenvalue weighted by Gasteiger charge is 2.34. The normalized spacial score (nSPS) is 14.6. The minimum Gasteiger partial charge on any atom is -0.495 e. The van der Waals surface area contributed by atoms with Crippen molar-refractivity contribution in [3.05, 3.63) is 88.9 Å². The van der Waals surface area contributed by atoms with Crippen molar-refractivity contribution in [1.82, 2.24) is 10.2 Å². The van der Waals surface area contributed by atoms with E-state index in [4.69, 9.17) is 16.3 Å². The predicted molar refractivity (Wildman–Crippen MR) is 165 cm³/mol. The maximum atomic E-state index is 14.2. The lowest BCUT2D eigenvalue weighted by Gasteiger charge is -2.33. The first-order valence-corrected chi connectivity index (χ1v) is 16.0. The molecular weight excluding hydrogens is 574 g/mol. The highest BCUT2D eigenvalue weighted by molar-refractivity contribution is 7.92. The second kappa shape index (κ2) is 14.1. The number of nitrogens with zero attached hydrogens (tertiary/aromatic N) is 2. The Bertz CT molecular complexity index is 1490. The minimum atomic E-state index is -4.23. The Balaban J connectivity index is 1.72. The van der Waals surface area contributed by atoms with Crippen molar-refractivity contribution in [3.63, 3.8) is 0 Å². The molecule has 0 aromatic heterocycles. The molecule has 0 saturated heterocycles. The van der Waals surface area contributed by atoms with Crippen LogP contribution in [0.1, 0.15) is 50.2 Å². The number of aryl methyl sites for hydroxylation is 1. The quantitative estimate of drug-likeness (QED) is 0.299. The Labute approximate surface area is 253 Å². The van der Waals surface area contributed by atoms with Crippen LogP contribution < -0.4 is 14.4 Å². The number of ether oxygens (including phenoxy) is 1. The average molecular weight is 612 g/mol. The van der Waals surface area contributed by atoms with Crippen LogP contribution in [0, 0.1) is 6.92 Å². The van der Waals surface area contributed by atoms with Gasteiger partial charge in [0.05, 0.1) is 17.7 Å². The van der Waals surface area contributed by atoms with Crippen LogP contribution in [0.2, 0.25) is 5.02 Å². The minimum absolute atomic E-state index is 0.00755. The number of hydrogen-bond acceptors (Lipinski definition) is 5. The van der Waals surface area contributed by atoms with Crippen molar-refractivity contribution in [2.24, 2.45) is 0 Å². The van der Waals surface area contributed by atoms with E-state index < -0.39 is 28.5 Å². The number of sulfonamides is 1. The molecule has 0 radical (unpaired) electrons. The highest BCUT2D eigenvalue weighted by Crippen LogP contribution is 2.35. The summed E-state index contributed by atoms with van der Waals surface area (Å²) in [5.74, 6) is -0.565. The molecule has 1 fully saturated rings. The molecule has 0 heterocycles. The fraction of sp³-hybridized carbons (Fsp3) is 0.375. The second-order valence-corrected chi connectivity index (χ2v) is 13.0. The summed E-state index contributed by atoms with van der Waals surface area (Å²) in [6.45, 7) is 3.20. The van der Waals surface area contributed by atoms with Crippen LogP contribution in [0.3, 0.4) is 0 Å². The third-order valence-corrected chi connectivity index (χ3v) is 9.58. The Hall–Kier alpha value is -3.56. The number of halogens is 1. The third kappa shape index (κ3) is 7.63. The van der Waals surface area contributed by atoms with Gasteiger partial charge in [-0.2, -0.15) is 0 Å². The van der Waals surface area contributed by atoms with Crippen LogP contribution in [0.4, 0.5) is 5.69 Å². The molecule has 4 rings (SSSR count). The molecule has 1 saturated carbocycles. The summed E-state index contributed by atoms with van der Waals surface area (Å²) in [6.07, 6.45) is 5.07. The topological polar surface area (TPSA) is 96.0 Å². The number of amides is 2. The van der Waals surface area contributed by atoms with Gasteiger partial charge in [-0.25, -0.2) is 8.42 Å². The molecule has 1 N–H and O–H groups in total. The molecule has 224 valence electrons. The number of benzene rings is 3. The van der Waals surface area contributed by atoms with Gasteiger partial charge in [0.1, 0.15) is 18.3 Å². The summed E-state index contributed by atoms with van der Waals surface area (Å²) in [6, 6.07) is 19.4. The SMILES string of the molecule is COc1ccc(Cl)cc1N(CC(=O)N(Cc1cccc(C)c1)[C@H](C)C(=O)NC1CCCCC1)S(=O)(=O)c1ccccc1. The molecule has 0 aliphatic heterocycles. The summed E-state index contributed by atoms with van der Waals surface area (Å²) in [5, 5.41) is 3.40. The summed E-state index contributed by atoms with van der Waals surface area (Å²) >= 11 is 6.29. The van der Waals surface area contributed by atoms with Crippen molar-refractivity contribution in [1.29, 1.82) is 0 Å². The monoisotopic (exact) mass is 611 g/mol. The van der Waals surface area contributed by atoms with E-state index in [1.54, 1.807) is 37.3 Å². The van der Waals surface area contributed by atoms with E-state index in [2.05, 4.69) is 5.32 Å². The number of hydrogen-bond donors (Lipinski definition) is 1. The van der Waals surface area contributed by atoms with Gasteiger partial charge in [-0.05, 0) is 62.6 Å². The molecule has 8 nitrogen and oxygen atoms in total. The van der Waals surface area contributed by atoms with E-state index in [9.17, 15) is 18.0 Å². The van der Waals surface area contributed by atoms with E-state index >= 15 is 0 Å². The van der Waals surface area contributed by atoms with Crippen molar-refractivity contribution < 1.29 is 22.7 Å². The first-order valence-electron chi connectivity index (χ1n) is 14.2. The van der Waals surface area contributed by atoms with Crippen molar-refractivity contribution >= 4 is 39.1 Å². The van der Waals surface area contributed by atoms with Gasteiger partial charge in [0, 0.05) is 17.6 Å². The van der Waals surface area contributed by atoms with Gasteiger partial charge in [-0.3, -0.25) is 13.9 Å². The van der Waals surface area contributed by atoms with E-state index in [-0.39, 0.29) is 39.8 Å². The molecule has 1 aliphatic carbocycles. The van der Waals surface area contributed by atoms with Crippen molar-refractivity contribution in [2.75, 3.05) is 18.0 Å². The van der Waals surface area contributed by atoms with E-state index in [0.717, 1.165) is 47.5 Å². The van der Waals surface area contributed by atoms with Crippen LogP contribution in [-0.4, -0.2) is 50.9 Å². The fourth-order valence-electron chi connectivity index (χ4n) is 5.25. The molecular formula is C32H38ClN3O5S. The molecule has 3 aromatic carbocycles. The zero-order valence-corrected chi connectivity index (χ0v) is 25.8. The largest absolute Gasteiger partial charge is 0.495 e. The van der Waals surface area contributed by atoms with Crippen LogP contribution >= 0.6 is 11.6 Å². The number of methoxy groups -OCH3 is 1. The smallest absolute Gasteiger partial charge is 0.264 e. The Morgan fingerprint density at radius 1 is 1.00 bits per heavy atom. The molecule has 1 aliphatic rings. The highest BCUT2D eigenvalue weighted by atomic mass is 35.5. The number of rotatable bonds is 11. The Kier molecular flexibility index (Phi) is 10.5. The van der Waals surface area contributed by atoms with Crippen LogP contribution in [-0.2, 0) is 26.2 Å². The third-order valence-electron chi connectivity index (χ3n) is 7.57. The van der Waals surface area contributed by atoms with Gasteiger partial charge in [-0.15, -0.1) is 0 Å². The van der Waals surface area contributed by atoms with Crippen LogP contribution in [0.5, 0.6) is 5.75 Å². The number of carbonyl (C=O) groups excluding carboxylic acids is 2. The van der Waals surface area contributed by atoms with Crippen LogP contribution in [0.15, 0.2) is 77.7 Å². The van der Waals surface area contributed by atoms with E-state index in [1.165, 1.54) is 30.2 Å². The van der Waals surface area contributed by atoms with Gasteiger partial charge in [0.15, 0.2) is 0 Å². The lowest BCUT2D eigenvalue weighted by atomic mass is 9.95. The molecule has 10 heteroatoms. The summed E-state index contributed by atoms with van der Waals surface area (Å²) in [4.78, 5) is 29.1. The molecule has 0 unspecified atom stereocenters. The maximum absolute atomic E-state index is 14.2. The molecule has 0 spiro atoms. The Morgan fingerprint density at radius 3 is 2.38 bits per heavy atom. The first kappa shape index (κ1) is 31.4. The lowest BCUT2D eigenvalue weighted by molar-refractivity contribution is -0.139. The maximum Gasteiger partial charge on any atom is 0.264 e. The molecule has 1 atom stereocenters. The van der Waals surface area contributed by atoms with E-state index in [1.807, 2.05) is 31.2 Å². The van der Waals surface area contributed by atoms with Gasteiger partial charge < -0.3 is 15.0 Å². The zero-order valence-electron chi connectivity index (χ0n) is 24.3. The van der Waals surface area contributed by atoms with Gasteiger partial charge in [0.2, 0.25) is 11.8 Å². The number of anilines is 1. The van der Waals surface area contributed by atoms with Crippen molar-refractivity contribution in [2.45, 2.75) is 69.5 Å². The van der Waals surface area contributed by atoms with E-state index in [0.29, 0.717) is 0 Å². The van der Waals surface area contributed by atoms with Gasteiger partial charge >= 0.3 is 0 Å². The lowest BCUT2D eigenvalue weighted by Crippen LogP contribution is -2.53. The number of carbonyl (C=O) groups is 2. The first-order chi connectivity index (χ1) is 20.1. The summed E-state index contributed by atoms with van der Waals surface area (Å²) in [5.41, 5.74) is 1.96. The molecule has 0 bridgehead atoms. The molecule has 42 heavy (non-hydrogen) atoms. The fourth-order valence-corrected chi connectivity index (χ4v) is 6.85. The number of nitrogens with one attached hydrogen (secondary N) is 1. The molecule has 3 aromatic rings. The van der Waals surface area contributed by atoms with Crippen molar-refractivity contribution in [3.8, 4) is 5.75 Å². The predicted octanol–water partition coefficient (Wildman–Crippen LogP) is 5.72. The van der Waals surface area contributed by atoms with Gasteiger partial charge in [0.25, 0.3) is 10.0 Å². The Morgan fingerprint density at radius 2 is 1.71 bits per heavy atom. The second-order valence-electron chi connectivity index (χ2n) is 10.7. The van der Waals surface area contributed by atoms with Crippen LogP contribution in [0.25, 0.3) is 0 Å². The standard InChI is InChI=1S/C32H38ClN3O5S/c1-23-11-10-12-25(19-23)21-35(24(2)32(38)34-27-13-6-4-7-14-27)31(37)22-36(29-20-26(33)17-18-30(29)41-3)42(39,40)28-15-8-5-9-16-28/h5,8-12,15-20,24,27H,4,6-7,13-14,21-22H2,1-3H3,(H,34,38)/t24-/m1/s1. The molecule has 2 amide bonds. The summed E-state index contributed by atoms with van der Waals surface area (Å²) in [7, 11) is -2.81. The van der Waals surface area contributed by atoms with Gasteiger partial charge in [-0.1, -0.05) is 78.9 Å². The zero-order chi connectivity index (χ0) is 30.3. The summed E-state index contributed by atoms with van der Waals surface area (Å²) < 4.78 is 34.5.